The number of halogens is 3. The molecule has 0 radical (unpaired) electrons. The molecule has 1 atom stereocenters. The number of pyridine rings is 1. The molecule has 0 saturated heterocycles. The van der Waals surface area contributed by atoms with Crippen molar-refractivity contribution in [2.45, 2.75) is 38.7 Å². The SMILES string of the molecule is Cc1cc(OCC2CC(F)(F)C2)c2nc(C)c(C(=O)NC(C#N)c3ccc(Cl)cc3)n2c1. The highest BCUT2D eigenvalue weighted by molar-refractivity contribution is 6.30. The lowest BCUT2D eigenvalue weighted by atomic mass is 9.82. The van der Waals surface area contributed by atoms with Crippen LogP contribution in [-0.2, 0) is 0 Å². The molecule has 4 rings (SSSR count). The normalized spacial score (nSPS) is 16.2. The quantitative estimate of drug-likeness (QED) is 0.562. The molecule has 3 aromatic rings. The fourth-order valence-electron chi connectivity index (χ4n) is 3.89. The van der Waals surface area contributed by atoms with Crippen molar-refractivity contribution in [2.24, 2.45) is 5.92 Å². The number of hydrogen-bond donors (Lipinski definition) is 1. The molecular weight excluding hydrogens is 438 g/mol. The van der Waals surface area contributed by atoms with Gasteiger partial charge in [0.05, 0.1) is 18.4 Å². The van der Waals surface area contributed by atoms with E-state index in [-0.39, 0.29) is 31.1 Å². The number of alkyl halides is 2. The second kappa shape index (κ2) is 8.40. The van der Waals surface area contributed by atoms with Crippen molar-refractivity contribution in [3.05, 3.63) is 64.1 Å². The minimum atomic E-state index is -2.60. The number of aryl methyl sites for hydroxylation is 2. The molecule has 1 unspecified atom stereocenters. The number of hydrogen-bond acceptors (Lipinski definition) is 4. The first-order valence-electron chi connectivity index (χ1n) is 10.1. The molecule has 2 heterocycles. The molecule has 0 bridgehead atoms. The maximum Gasteiger partial charge on any atom is 0.271 e. The van der Waals surface area contributed by atoms with Gasteiger partial charge in [0.15, 0.2) is 11.4 Å². The van der Waals surface area contributed by atoms with Crippen LogP contribution in [-0.4, -0.2) is 27.8 Å². The van der Waals surface area contributed by atoms with E-state index in [0.29, 0.717) is 27.7 Å². The van der Waals surface area contributed by atoms with Crippen LogP contribution in [0.1, 0.15) is 46.2 Å². The fraction of sp³-hybridized carbons (Fsp3) is 0.348. The molecule has 32 heavy (non-hydrogen) atoms. The minimum Gasteiger partial charge on any atom is -0.489 e. The Morgan fingerprint density at radius 1 is 1.38 bits per heavy atom. The summed E-state index contributed by atoms with van der Waals surface area (Å²) >= 11 is 5.90. The van der Waals surface area contributed by atoms with Gasteiger partial charge in [0.25, 0.3) is 5.91 Å². The number of amides is 1. The predicted octanol–water partition coefficient (Wildman–Crippen LogP) is 5.02. The van der Waals surface area contributed by atoms with E-state index < -0.39 is 17.9 Å². The van der Waals surface area contributed by atoms with E-state index >= 15 is 0 Å². The van der Waals surface area contributed by atoms with Crippen molar-refractivity contribution in [3.63, 3.8) is 0 Å². The second-order valence-electron chi connectivity index (χ2n) is 8.15. The first-order valence-corrected chi connectivity index (χ1v) is 10.5. The molecule has 1 aromatic carbocycles. The molecule has 1 amide bonds. The Hall–Kier alpha value is -3.18. The first kappa shape index (κ1) is 22.0. The van der Waals surface area contributed by atoms with Gasteiger partial charge in [-0.1, -0.05) is 23.7 Å². The lowest BCUT2D eigenvalue weighted by Gasteiger charge is -2.34. The molecule has 2 aromatic heterocycles. The molecule has 1 aliphatic rings. The topological polar surface area (TPSA) is 79.4 Å². The van der Waals surface area contributed by atoms with Gasteiger partial charge in [0.2, 0.25) is 5.92 Å². The second-order valence-corrected chi connectivity index (χ2v) is 8.59. The zero-order valence-corrected chi connectivity index (χ0v) is 18.3. The van der Waals surface area contributed by atoms with E-state index in [1.165, 1.54) is 0 Å². The average Bonchev–Trinajstić information content (AvgIpc) is 3.05. The van der Waals surface area contributed by atoms with E-state index in [0.717, 1.165) is 5.56 Å². The van der Waals surface area contributed by atoms with Crippen molar-refractivity contribution < 1.29 is 18.3 Å². The third-order valence-electron chi connectivity index (χ3n) is 5.47. The van der Waals surface area contributed by atoms with Crippen molar-refractivity contribution >= 4 is 23.2 Å². The van der Waals surface area contributed by atoms with E-state index in [1.807, 2.05) is 6.92 Å². The number of ether oxygens (including phenoxy) is 1. The van der Waals surface area contributed by atoms with Crippen LogP contribution in [0.4, 0.5) is 8.78 Å². The average molecular weight is 459 g/mol. The van der Waals surface area contributed by atoms with E-state index in [1.54, 1.807) is 47.9 Å². The minimum absolute atomic E-state index is 0.162. The van der Waals surface area contributed by atoms with Gasteiger partial charge in [-0.2, -0.15) is 5.26 Å². The molecule has 9 heteroatoms. The van der Waals surface area contributed by atoms with Gasteiger partial charge < -0.3 is 10.1 Å². The number of benzene rings is 1. The number of carbonyl (C=O) groups is 1. The Labute approximate surface area is 188 Å². The molecule has 1 aliphatic carbocycles. The van der Waals surface area contributed by atoms with Gasteiger partial charge in [-0.3, -0.25) is 9.20 Å². The largest absolute Gasteiger partial charge is 0.489 e. The molecule has 166 valence electrons. The van der Waals surface area contributed by atoms with Crippen LogP contribution < -0.4 is 10.1 Å². The summed E-state index contributed by atoms with van der Waals surface area (Å²) in [5.41, 5.74) is 2.57. The van der Waals surface area contributed by atoms with Crippen LogP contribution in [0.3, 0.4) is 0 Å². The zero-order chi connectivity index (χ0) is 23.0. The maximum atomic E-state index is 13.1. The number of carbonyl (C=O) groups excluding carboxylic acids is 1. The van der Waals surface area contributed by atoms with Crippen LogP contribution in [0.25, 0.3) is 5.65 Å². The fourth-order valence-corrected chi connectivity index (χ4v) is 4.02. The van der Waals surface area contributed by atoms with Crippen molar-refractivity contribution in [3.8, 4) is 11.8 Å². The Morgan fingerprint density at radius 2 is 2.06 bits per heavy atom. The summed E-state index contributed by atoms with van der Waals surface area (Å²) in [7, 11) is 0. The van der Waals surface area contributed by atoms with Crippen molar-refractivity contribution in [2.75, 3.05) is 6.61 Å². The maximum absolute atomic E-state index is 13.1. The third kappa shape index (κ3) is 4.39. The summed E-state index contributed by atoms with van der Waals surface area (Å²) < 4.78 is 33.6. The highest BCUT2D eigenvalue weighted by Gasteiger charge is 2.45. The highest BCUT2D eigenvalue weighted by atomic mass is 35.5. The van der Waals surface area contributed by atoms with Gasteiger partial charge in [-0.25, -0.2) is 13.8 Å². The number of nitrogens with zero attached hydrogens (tertiary/aromatic N) is 3. The Morgan fingerprint density at radius 3 is 2.69 bits per heavy atom. The Balaban J connectivity index is 1.59. The number of imidazole rings is 1. The third-order valence-corrected chi connectivity index (χ3v) is 5.72. The first-order chi connectivity index (χ1) is 15.2. The van der Waals surface area contributed by atoms with Crippen LogP contribution in [0.2, 0.25) is 5.02 Å². The number of aromatic nitrogens is 2. The lowest BCUT2D eigenvalue weighted by molar-refractivity contribution is -0.119. The highest BCUT2D eigenvalue weighted by Crippen LogP contribution is 2.42. The van der Waals surface area contributed by atoms with Gasteiger partial charge in [-0.15, -0.1) is 0 Å². The Kier molecular flexibility index (Phi) is 5.78. The lowest BCUT2D eigenvalue weighted by Crippen LogP contribution is -2.38. The molecule has 6 nitrogen and oxygen atoms in total. The Bertz CT molecular complexity index is 1210. The van der Waals surface area contributed by atoms with Crippen LogP contribution in [0, 0.1) is 31.1 Å². The van der Waals surface area contributed by atoms with E-state index in [4.69, 9.17) is 16.3 Å². The number of fused-ring (bicyclic) bond motifs is 1. The summed E-state index contributed by atoms with van der Waals surface area (Å²) in [5, 5.41) is 12.8. The van der Waals surface area contributed by atoms with Crippen LogP contribution in [0.5, 0.6) is 5.75 Å². The summed E-state index contributed by atoms with van der Waals surface area (Å²) in [6, 6.07) is 9.64. The van der Waals surface area contributed by atoms with E-state index in [9.17, 15) is 18.8 Å². The number of nitriles is 1. The summed E-state index contributed by atoms with van der Waals surface area (Å²) in [6.07, 6.45) is 1.38. The number of rotatable bonds is 6. The zero-order valence-electron chi connectivity index (χ0n) is 17.5. The molecule has 1 N–H and O–H groups in total. The molecule has 1 saturated carbocycles. The smallest absolute Gasteiger partial charge is 0.271 e. The summed E-state index contributed by atoms with van der Waals surface area (Å²) in [6.45, 7) is 3.69. The van der Waals surface area contributed by atoms with Crippen LogP contribution in [0.15, 0.2) is 36.5 Å². The predicted molar refractivity (Wildman–Crippen MR) is 115 cm³/mol. The van der Waals surface area contributed by atoms with Gasteiger partial charge in [0, 0.05) is 30.0 Å². The molecule has 1 fully saturated rings. The van der Waals surface area contributed by atoms with Crippen LogP contribution >= 0.6 is 11.6 Å². The number of nitrogens with one attached hydrogen (secondary N) is 1. The molecule has 0 spiro atoms. The van der Waals surface area contributed by atoms with Crippen molar-refractivity contribution in [1.82, 2.24) is 14.7 Å². The molecular formula is C23H21ClF2N4O2. The molecule has 0 aliphatic heterocycles. The summed E-state index contributed by atoms with van der Waals surface area (Å²) in [5.74, 6) is -2.85. The standard InChI is InChI=1S/C23H21ClF2N4O2/c1-13-7-19(32-12-15-8-23(25,26)9-15)21-28-14(2)20(30(21)11-13)22(31)29-18(10-27)16-3-5-17(24)6-4-16/h3-7,11,15,18H,8-9,12H2,1-2H3,(H,29,31). The van der Waals surface area contributed by atoms with Gasteiger partial charge >= 0.3 is 0 Å². The summed E-state index contributed by atoms with van der Waals surface area (Å²) in [4.78, 5) is 17.6. The van der Waals surface area contributed by atoms with Crippen molar-refractivity contribution in [1.29, 1.82) is 5.26 Å². The van der Waals surface area contributed by atoms with Gasteiger partial charge in [0.1, 0.15) is 11.7 Å². The monoisotopic (exact) mass is 458 g/mol. The van der Waals surface area contributed by atoms with Gasteiger partial charge in [-0.05, 0) is 43.2 Å². The van der Waals surface area contributed by atoms with E-state index in [2.05, 4.69) is 16.4 Å².